The highest BCUT2D eigenvalue weighted by atomic mass is 35.5. The van der Waals surface area contributed by atoms with Crippen LogP contribution in [0.2, 0.25) is 4.34 Å². The summed E-state index contributed by atoms with van der Waals surface area (Å²) >= 11 is 9.20. The van der Waals surface area contributed by atoms with Gasteiger partial charge in [-0.3, -0.25) is 9.89 Å². The largest absolute Gasteiger partial charge is 0.349 e. The van der Waals surface area contributed by atoms with Crippen LogP contribution in [0.4, 0.5) is 0 Å². The molecule has 0 unspecified atom stereocenters. The molecule has 0 aliphatic carbocycles. The number of amidine groups is 1. The molecular weight excluding hydrogens is 302 g/mol. The zero-order valence-electron chi connectivity index (χ0n) is 10.8. The van der Waals surface area contributed by atoms with Gasteiger partial charge in [-0.25, -0.2) is 0 Å². The van der Waals surface area contributed by atoms with Crippen LogP contribution in [0, 0.1) is 0 Å². The number of aliphatic imine (C=N–C) groups is 1. The minimum atomic E-state index is 0.632. The Hall–Kier alpha value is -0.370. The lowest BCUT2D eigenvalue weighted by atomic mass is 10.3. The van der Waals surface area contributed by atoms with E-state index >= 15 is 0 Å². The zero-order chi connectivity index (χ0) is 13.2. The Morgan fingerprint density at radius 1 is 1.32 bits per heavy atom. The van der Waals surface area contributed by atoms with E-state index in [4.69, 9.17) is 11.6 Å². The molecule has 1 aromatic heterocycles. The molecule has 8 heteroatoms. The number of halogens is 1. The summed E-state index contributed by atoms with van der Waals surface area (Å²) in [5.41, 5.74) is 0.904. The Labute approximate surface area is 126 Å². The average molecular weight is 318 g/mol. The highest BCUT2D eigenvalue weighted by Crippen LogP contribution is 2.24. The fourth-order valence-electron chi connectivity index (χ4n) is 2.24. The number of piperazine rings is 1. The molecule has 0 bridgehead atoms. The highest BCUT2D eigenvalue weighted by molar-refractivity contribution is 8.14. The van der Waals surface area contributed by atoms with Crippen molar-refractivity contribution in [3.05, 3.63) is 10.0 Å². The van der Waals surface area contributed by atoms with Crippen molar-refractivity contribution in [2.24, 2.45) is 4.99 Å². The van der Waals surface area contributed by atoms with Crippen LogP contribution in [0.1, 0.15) is 12.6 Å². The quantitative estimate of drug-likeness (QED) is 0.832. The van der Waals surface area contributed by atoms with E-state index in [9.17, 15) is 0 Å². The van der Waals surface area contributed by atoms with Crippen molar-refractivity contribution in [3.63, 3.8) is 0 Å². The first kappa shape index (κ1) is 13.6. The Morgan fingerprint density at radius 2 is 2.11 bits per heavy atom. The van der Waals surface area contributed by atoms with E-state index in [1.807, 2.05) is 11.8 Å². The van der Waals surface area contributed by atoms with Crippen LogP contribution in [0.25, 0.3) is 0 Å². The lowest BCUT2D eigenvalue weighted by Crippen LogP contribution is -2.47. The fraction of sp³-hybridized carbons (Fsp3) is 0.727. The van der Waals surface area contributed by atoms with Crippen LogP contribution in [-0.4, -0.2) is 62.5 Å². The van der Waals surface area contributed by atoms with Gasteiger partial charge in [0.2, 0.25) is 0 Å². The molecule has 19 heavy (non-hydrogen) atoms. The maximum absolute atomic E-state index is 6.04. The average Bonchev–Trinajstić information content (AvgIpc) is 3.00. The third-order valence-electron chi connectivity index (χ3n) is 3.32. The van der Waals surface area contributed by atoms with E-state index in [1.54, 1.807) is 0 Å². The van der Waals surface area contributed by atoms with Gasteiger partial charge in [0.1, 0.15) is 10.0 Å². The molecule has 1 atom stereocenters. The Morgan fingerprint density at radius 3 is 2.68 bits per heavy atom. The third-order valence-corrected chi connectivity index (χ3v) is 5.45. The number of thioether (sulfide) groups is 1. The Balaban J connectivity index is 1.51. The molecule has 1 saturated heterocycles. The first-order valence-electron chi connectivity index (χ1n) is 6.37. The van der Waals surface area contributed by atoms with Crippen LogP contribution in [0.3, 0.4) is 0 Å². The topological polar surface area (TPSA) is 44.6 Å². The van der Waals surface area contributed by atoms with Crippen LogP contribution < -0.4 is 0 Å². The standard InChI is InChI=1S/C11H16ClN5S2/c1-8-6-13-11(18-8)17-4-2-16(3-5-17)7-9-10(12)19-15-14-9/h8H,2-7H2,1H3/t8-/m1/s1. The number of hydrogen-bond donors (Lipinski definition) is 0. The second-order valence-electron chi connectivity index (χ2n) is 4.81. The lowest BCUT2D eigenvalue weighted by molar-refractivity contribution is 0.176. The van der Waals surface area contributed by atoms with Gasteiger partial charge in [0, 0.05) is 49.5 Å². The van der Waals surface area contributed by atoms with Crippen molar-refractivity contribution in [2.75, 3.05) is 32.7 Å². The van der Waals surface area contributed by atoms with Gasteiger partial charge in [-0.2, -0.15) is 0 Å². The third kappa shape index (κ3) is 3.21. The molecule has 0 aromatic carbocycles. The predicted octanol–water partition coefficient (Wildman–Crippen LogP) is 1.80. The van der Waals surface area contributed by atoms with Gasteiger partial charge >= 0.3 is 0 Å². The lowest BCUT2D eigenvalue weighted by Gasteiger charge is -2.35. The second-order valence-corrected chi connectivity index (χ2v) is 7.57. The SMILES string of the molecule is C[C@@H]1CN=C(N2CCN(Cc3nnsc3Cl)CC2)S1. The molecule has 0 amide bonds. The van der Waals surface area contributed by atoms with Crippen molar-refractivity contribution in [3.8, 4) is 0 Å². The Bertz CT molecular complexity index is 469. The fourth-order valence-corrected chi connectivity index (χ4v) is 3.84. The molecule has 1 fully saturated rings. The molecule has 5 nitrogen and oxygen atoms in total. The molecule has 3 heterocycles. The first-order valence-corrected chi connectivity index (χ1v) is 8.40. The van der Waals surface area contributed by atoms with Gasteiger partial charge in [-0.15, -0.1) is 5.10 Å². The van der Waals surface area contributed by atoms with Gasteiger partial charge in [0.25, 0.3) is 0 Å². The van der Waals surface area contributed by atoms with E-state index in [0.717, 1.165) is 45.0 Å². The zero-order valence-corrected chi connectivity index (χ0v) is 13.1. The number of aromatic nitrogens is 2. The second kappa shape index (κ2) is 5.95. The van der Waals surface area contributed by atoms with Crippen LogP contribution >= 0.6 is 34.9 Å². The summed E-state index contributed by atoms with van der Waals surface area (Å²) < 4.78 is 4.59. The maximum atomic E-state index is 6.04. The summed E-state index contributed by atoms with van der Waals surface area (Å²) in [6, 6.07) is 0. The molecule has 0 spiro atoms. The summed E-state index contributed by atoms with van der Waals surface area (Å²) in [6.07, 6.45) is 0. The maximum Gasteiger partial charge on any atom is 0.159 e. The van der Waals surface area contributed by atoms with Gasteiger partial charge in [-0.1, -0.05) is 34.8 Å². The van der Waals surface area contributed by atoms with Crippen molar-refractivity contribution in [1.29, 1.82) is 0 Å². The number of rotatable bonds is 2. The number of hydrogen-bond acceptors (Lipinski definition) is 7. The minimum Gasteiger partial charge on any atom is -0.349 e. The molecule has 2 aliphatic heterocycles. The molecule has 2 aliphatic rings. The van der Waals surface area contributed by atoms with Crippen molar-refractivity contribution >= 4 is 40.1 Å². The van der Waals surface area contributed by atoms with Crippen LogP contribution in [-0.2, 0) is 6.54 Å². The van der Waals surface area contributed by atoms with Gasteiger partial charge in [0.05, 0.1) is 6.54 Å². The molecule has 104 valence electrons. The van der Waals surface area contributed by atoms with E-state index < -0.39 is 0 Å². The molecule has 3 rings (SSSR count). The molecule has 1 aromatic rings. The number of nitrogens with zero attached hydrogens (tertiary/aromatic N) is 5. The summed E-state index contributed by atoms with van der Waals surface area (Å²) in [7, 11) is 0. The summed E-state index contributed by atoms with van der Waals surface area (Å²) in [5, 5.41) is 5.92. The molecule has 0 saturated carbocycles. The van der Waals surface area contributed by atoms with E-state index in [2.05, 4.69) is 31.3 Å². The monoisotopic (exact) mass is 317 g/mol. The van der Waals surface area contributed by atoms with Crippen LogP contribution in [0.5, 0.6) is 0 Å². The van der Waals surface area contributed by atoms with Crippen molar-refractivity contribution in [1.82, 2.24) is 19.4 Å². The Kier molecular flexibility index (Phi) is 4.26. The van der Waals surface area contributed by atoms with Crippen LogP contribution in [0.15, 0.2) is 4.99 Å². The molecular formula is C11H16ClN5S2. The summed E-state index contributed by atoms with van der Waals surface area (Å²) in [5.74, 6) is 0. The van der Waals surface area contributed by atoms with Crippen molar-refractivity contribution < 1.29 is 0 Å². The van der Waals surface area contributed by atoms with Gasteiger partial charge < -0.3 is 4.90 Å². The minimum absolute atomic E-state index is 0.632. The highest BCUT2D eigenvalue weighted by Gasteiger charge is 2.25. The first-order chi connectivity index (χ1) is 9.22. The molecule has 0 N–H and O–H groups in total. The predicted molar refractivity (Wildman–Crippen MR) is 81.1 cm³/mol. The smallest absolute Gasteiger partial charge is 0.159 e. The van der Waals surface area contributed by atoms with Crippen molar-refractivity contribution in [2.45, 2.75) is 18.7 Å². The molecule has 0 radical (unpaired) electrons. The normalized spacial score (nSPS) is 24.8. The summed E-state index contributed by atoms with van der Waals surface area (Å²) in [4.78, 5) is 9.37. The van der Waals surface area contributed by atoms with E-state index in [0.29, 0.717) is 9.59 Å². The van der Waals surface area contributed by atoms with Gasteiger partial charge in [0.15, 0.2) is 5.17 Å². The van der Waals surface area contributed by atoms with E-state index in [-0.39, 0.29) is 0 Å². The van der Waals surface area contributed by atoms with Gasteiger partial charge in [-0.05, 0) is 0 Å². The summed E-state index contributed by atoms with van der Waals surface area (Å²) in [6.45, 7) is 8.12. The van der Waals surface area contributed by atoms with E-state index in [1.165, 1.54) is 16.7 Å².